The van der Waals surface area contributed by atoms with Gasteiger partial charge >= 0.3 is 0 Å². The Hall–Kier alpha value is -0.930. The molecule has 0 amide bonds. The molecule has 0 N–H and O–H groups in total. The normalized spacial score (nSPS) is 10.8. The minimum Gasteiger partial charge on any atom is -0.452 e. The van der Waals surface area contributed by atoms with Crippen molar-refractivity contribution in [3.8, 4) is 11.3 Å². The van der Waals surface area contributed by atoms with E-state index in [9.17, 15) is 0 Å². The zero-order valence-electron chi connectivity index (χ0n) is 7.87. The van der Waals surface area contributed by atoms with Gasteiger partial charge < -0.3 is 8.83 Å². The number of hydrogen-bond donors (Lipinski definition) is 0. The second-order valence-corrected chi connectivity index (χ2v) is 3.74. The van der Waals surface area contributed by atoms with E-state index in [1.54, 1.807) is 12.3 Å². The van der Waals surface area contributed by atoms with Gasteiger partial charge in [0.15, 0.2) is 11.7 Å². The van der Waals surface area contributed by atoms with Crippen LogP contribution in [0.25, 0.3) is 11.3 Å². The van der Waals surface area contributed by atoms with Crippen molar-refractivity contribution in [3.05, 3.63) is 29.6 Å². The Balaban J connectivity index is 2.17. The number of halogens is 2. The first-order valence-corrected chi connectivity index (χ1v) is 5.46. The van der Waals surface area contributed by atoms with E-state index >= 15 is 0 Å². The molecule has 80 valence electrons. The van der Waals surface area contributed by atoms with Crippen molar-refractivity contribution in [2.24, 2.45) is 0 Å². The van der Waals surface area contributed by atoms with E-state index in [4.69, 9.17) is 32.0 Å². The van der Waals surface area contributed by atoms with Gasteiger partial charge in [-0.2, -0.15) is 0 Å². The van der Waals surface area contributed by atoms with E-state index in [-0.39, 0.29) is 0 Å². The molecule has 5 heteroatoms. The maximum atomic E-state index is 5.81. The molecule has 2 heterocycles. The van der Waals surface area contributed by atoms with Crippen LogP contribution in [-0.2, 0) is 6.42 Å². The van der Waals surface area contributed by atoms with Crippen LogP contribution in [0.5, 0.6) is 0 Å². The third kappa shape index (κ3) is 2.36. The summed E-state index contributed by atoms with van der Waals surface area (Å²) in [5.74, 6) is 1.89. The largest absolute Gasteiger partial charge is 0.452 e. The molecule has 0 saturated heterocycles. The summed E-state index contributed by atoms with van der Waals surface area (Å²) in [6.45, 7) is 0. The average molecular weight is 246 g/mol. The smallest absolute Gasteiger partial charge is 0.204 e. The highest BCUT2D eigenvalue weighted by molar-refractivity contribution is 6.31. The molecule has 0 unspecified atom stereocenters. The molecule has 3 nitrogen and oxygen atoms in total. The zero-order chi connectivity index (χ0) is 10.7. The maximum absolute atomic E-state index is 5.81. The number of furan rings is 1. The van der Waals surface area contributed by atoms with E-state index < -0.39 is 0 Å². The predicted octanol–water partition coefficient (Wildman–Crippen LogP) is 3.76. The Bertz CT molecular complexity index is 436. The lowest BCUT2D eigenvalue weighted by atomic mass is 10.3. The Morgan fingerprint density at radius 3 is 2.93 bits per heavy atom. The van der Waals surface area contributed by atoms with Crippen LogP contribution >= 0.6 is 23.2 Å². The van der Waals surface area contributed by atoms with Crippen molar-refractivity contribution in [2.45, 2.75) is 12.8 Å². The van der Waals surface area contributed by atoms with Crippen LogP contribution in [0.2, 0.25) is 5.22 Å². The lowest BCUT2D eigenvalue weighted by Gasteiger charge is -1.92. The monoisotopic (exact) mass is 245 g/mol. The number of nitrogens with zero attached hydrogens (tertiary/aromatic N) is 1. The molecule has 2 aromatic rings. The molecule has 2 rings (SSSR count). The Kier molecular flexibility index (Phi) is 3.34. The minimum absolute atomic E-state index is 0.315. The highest BCUT2D eigenvalue weighted by Gasteiger charge is 2.11. The molecule has 0 saturated carbocycles. The average Bonchev–Trinajstić information content (AvgIpc) is 2.83. The Morgan fingerprint density at radius 2 is 2.27 bits per heavy atom. The lowest BCUT2D eigenvalue weighted by Crippen LogP contribution is -1.84. The van der Waals surface area contributed by atoms with Gasteiger partial charge in [0.25, 0.3) is 0 Å². The van der Waals surface area contributed by atoms with Crippen molar-refractivity contribution in [3.63, 3.8) is 0 Å². The van der Waals surface area contributed by atoms with Crippen LogP contribution in [-0.4, -0.2) is 10.9 Å². The van der Waals surface area contributed by atoms with Gasteiger partial charge in [-0.15, -0.1) is 11.6 Å². The molecular formula is C10H9Cl2NO2. The first-order chi connectivity index (χ1) is 7.31. The molecule has 0 radical (unpaired) electrons. The van der Waals surface area contributed by atoms with Gasteiger partial charge in [0.2, 0.25) is 5.22 Å². The van der Waals surface area contributed by atoms with Gasteiger partial charge in [-0.05, 0) is 24.1 Å². The van der Waals surface area contributed by atoms with Crippen molar-refractivity contribution in [2.75, 3.05) is 5.88 Å². The SMILES string of the molecule is ClCCCc1ncc(-c2ccoc2Cl)o1. The summed E-state index contributed by atoms with van der Waals surface area (Å²) in [5.41, 5.74) is 0.723. The molecule has 0 aliphatic heterocycles. The molecule has 0 atom stereocenters. The van der Waals surface area contributed by atoms with E-state index in [2.05, 4.69) is 4.98 Å². The lowest BCUT2D eigenvalue weighted by molar-refractivity contribution is 0.502. The number of aryl methyl sites for hydroxylation is 1. The van der Waals surface area contributed by atoms with Gasteiger partial charge in [0, 0.05) is 12.3 Å². The van der Waals surface area contributed by atoms with E-state index in [0.29, 0.717) is 22.8 Å². The van der Waals surface area contributed by atoms with Gasteiger partial charge in [-0.3, -0.25) is 0 Å². The molecule has 0 fully saturated rings. The number of hydrogen-bond acceptors (Lipinski definition) is 3. The van der Waals surface area contributed by atoms with Gasteiger partial charge in [-0.25, -0.2) is 4.98 Å². The first-order valence-electron chi connectivity index (χ1n) is 4.55. The number of rotatable bonds is 4. The highest BCUT2D eigenvalue weighted by Crippen LogP contribution is 2.29. The summed E-state index contributed by atoms with van der Waals surface area (Å²) < 4.78 is 10.5. The summed E-state index contributed by atoms with van der Waals surface area (Å²) in [6, 6.07) is 1.74. The maximum Gasteiger partial charge on any atom is 0.204 e. The van der Waals surface area contributed by atoms with Gasteiger partial charge in [-0.1, -0.05) is 0 Å². The molecule has 2 aromatic heterocycles. The summed E-state index contributed by atoms with van der Waals surface area (Å²) >= 11 is 11.4. The fourth-order valence-corrected chi connectivity index (χ4v) is 1.58. The van der Waals surface area contributed by atoms with Crippen LogP contribution in [0.3, 0.4) is 0 Å². The quantitative estimate of drug-likeness (QED) is 0.771. The van der Waals surface area contributed by atoms with E-state index in [1.807, 2.05) is 0 Å². The zero-order valence-corrected chi connectivity index (χ0v) is 9.38. The molecule has 0 aliphatic rings. The summed E-state index contributed by atoms with van der Waals surface area (Å²) in [4.78, 5) is 4.13. The molecule has 0 aromatic carbocycles. The van der Waals surface area contributed by atoms with Crippen LogP contribution in [0.15, 0.2) is 27.4 Å². The summed E-state index contributed by atoms with van der Waals surface area (Å²) in [7, 11) is 0. The summed E-state index contributed by atoms with van der Waals surface area (Å²) in [6.07, 6.45) is 4.73. The van der Waals surface area contributed by atoms with E-state index in [0.717, 1.165) is 18.4 Å². The van der Waals surface area contributed by atoms with Crippen LogP contribution in [0, 0.1) is 0 Å². The van der Waals surface area contributed by atoms with Crippen LogP contribution in [0.1, 0.15) is 12.3 Å². The number of aromatic nitrogens is 1. The Labute approximate surface area is 97.0 Å². The predicted molar refractivity (Wildman–Crippen MR) is 58.3 cm³/mol. The van der Waals surface area contributed by atoms with Gasteiger partial charge in [0.05, 0.1) is 18.0 Å². The molecule has 0 bridgehead atoms. The molecule has 0 aliphatic carbocycles. The topological polar surface area (TPSA) is 39.2 Å². The van der Waals surface area contributed by atoms with Gasteiger partial charge in [0.1, 0.15) is 0 Å². The fourth-order valence-electron chi connectivity index (χ4n) is 1.24. The Morgan fingerprint density at radius 1 is 1.40 bits per heavy atom. The third-order valence-corrected chi connectivity index (χ3v) is 2.52. The van der Waals surface area contributed by atoms with Crippen molar-refractivity contribution >= 4 is 23.2 Å². The van der Waals surface area contributed by atoms with Crippen molar-refractivity contribution in [1.29, 1.82) is 0 Å². The number of alkyl halides is 1. The van der Waals surface area contributed by atoms with Crippen molar-refractivity contribution < 1.29 is 8.83 Å². The first kappa shape index (κ1) is 10.6. The fraction of sp³-hybridized carbons (Fsp3) is 0.300. The third-order valence-electron chi connectivity index (χ3n) is 1.96. The molecule has 0 spiro atoms. The summed E-state index contributed by atoms with van der Waals surface area (Å²) in [5, 5.41) is 0.315. The standard InChI is InChI=1S/C10H9Cl2NO2/c11-4-1-2-9-13-6-8(15-9)7-3-5-14-10(7)12/h3,5-6H,1-2,4H2. The number of oxazole rings is 1. The minimum atomic E-state index is 0.315. The molecular weight excluding hydrogens is 237 g/mol. The second kappa shape index (κ2) is 4.73. The molecule has 15 heavy (non-hydrogen) atoms. The highest BCUT2D eigenvalue weighted by atomic mass is 35.5. The van der Waals surface area contributed by atoms with Crippen LogP contribution in [0.4, 0.5) is 0 Å². The second-order valence-electron chi connectivity index (χ2n) is 3.02. The van der Waals surface area contributed by atoms with E-state index in [1.165, 1.54) is 6.26 Å². The van der Waals surface area contributed by atoms with Crippen molar-refractivity contribution in [1.82, 2.24) is 4.98 Å². The van der Waals surface area contributed by atoms with Crippen LogP contribution < -0.4 is 0 Å².